The average molecular weight is 449 g/mol. The first-order chi connectivity index (χ1) is 10.1. The molecule has 0 N–H and O–H groups in total. The lowest BCUT2D eigenvalue weighted by Crippen LogP contribution is -2.03. The zero-order valence-electron chi connectivity index (χ0n) is 10.8. The van der Waals surface area contributed by atoms with E-state index in [1.54, 1.807) is 0 Å². The summed E-state index contributed by atoms with van der Waals surface area (Å²) in [5.74, 6) is 1.43. The highest BCUT2D eigenvalue weighted by Gasteiger charge is 2.14. The van der Waals surface area contributed by atoms with Crippen LogP contribution in [0.5, 0.6) is 0 Å². The normalized spacial score (nSPS) is 11.2. The number of aryl methyl sites for hydroxylation is 1. The third-order valence-corrected chi connectivity index (χ3v) is 4.74. The minimum absolute atomic E-state index is 0.517. The molecule has 6 heteroatoms. The number of halogens is 4. The Morgan fingerprint density at radius 3 is 2.67 bits per heavy atom. The van der Waals surface area contributed by atoms with Crippen LogP contribution >= 0.6 is 55.1 Å². The summed E-state index contributed by atoms with van der Waals surface area (Å²) in [5, 5.41) is 0.684. The number of benzene rings is 2. The fraction of sp³-hybridized carbons (Fsp3) is 0.133. The van der Waals surface area contributed by atoms with E-state index in [1.165, 1.54) is 0 Å². The molecule has 1 aromatic heterocycles. The van der Waals surface area contributed by atoms with Crippen LogP contribution in [-0.2, 0) is 6.42 Å². The fourth-order valence-electron chi connectivity index (χ4n) is 2.28. The van der Waals surface area contributed by atoms with Crippen molar-refractivity contribution in [2.45, 2.75) is 6.42 Å². The third-order valence-electron chi connectivity index (χ3n) is 3.15. The highest BCUT2D eigenvalue weighted by Crippen LogP contribution is 2.30. The van der Waals surface area contributed by atoms with Crippen molar-refractivity contribution in [3.63, 3.8) is 0 Å². The Kier molecular flexibility index (Phi) is 4.60. The van der Waals surface area contributed by atoms with Gasteiger partial charge in [0.25, 0.3) is 0 Å². The number of fused-ring (bicyclic) bond motifs is 1. The largest absolute Gasteiger partial charge is 0.295 e. The van der Waals surface area contributed by atoms with E-state index in [9.17, 15) is 0 Å². The molecule has 0 fully saturated rings. The molecule has 0 saturated heterocycles. The minimum Gasteiger partial charge on any atom is -0.295 e. The van der Waals surface area contributed by atoms with Gasteiger partial charge in [0.1, 0.15) is 5.82 Å². The van der Waals surface area contributed by atoms with Crippen LogP contribution in [0.15, 0.2) is 45.3 Å². The minimum atomic E-state index is 0.517. The van der Waals surface area contributed by atoms with Gasteiger partial charge in [-0.3, -0.25) is 4.57 Å². The smallest absolute Gasteiger partial charge is 0.115 e. The molecular weight excluding hydrogens is 439 g/mol. The van der Waals surface area contributed by atoms with Gasteiger partial charge in [0.05, 0.1) is 16.7 Å². The maximum absolute atomic E-state index is 6.15. The molecule has 3 rings (SSSR count). The van der Waals surface area contributed by atoms with Gasteiger partial charge in [-0.25, -0.2) is 4.98 Å². The monoisotopic (exact) mass is 446 g/mol. The molecule has 0 amide bonds. The maximum atomic E-state index is 6.15. The number of rotatable bonds is 3. The molecule has 0 aliphatic rings. The summed E-state index contributed by atoms with van der Waals surface area (Å²) in [5.41, 5.74) is 2.92. The lowest BCUT2D eigenvalue weighted by Gasteiger charge is -2.11. The van der Waals surface area contributed by atoms with E-state index in [-0.39, 0.29) is 0 Å². The Morgan fingerprint density at radius 2 is 1.90 bits per heavy atom. The van der Waals surface area contributed by atoms with Crippen molar-refractivity contribution >= 4 is 66.1 Å². The topological polar surface area (TPSA) is 17.8 Å². The predicted molar refractivity (Wildman–Crippen MR) is 95.9 cm³/mol. The van der Waals surface area contributed by atoms with E-state index in [2.05, 4.69) is 36.4 Å². The van der Waals surface area contributed by atoms with E-state index in [1.807, 2.05) is 36.4 Å². The van der Waals surface area contributed by atoms with Crippen LogP contribution in [0.25, 0.3) is 16.7 Å². The van der Waals surface area contributed by atoms with Gasteiger partial charge < -0.3 is 0 Å². The zero-order valence-corrected chi connectivity index (χ0v) is 15.5. The molecule has 0 radical (unpaired) electrons. The highest BCUT2D eigenvalue weighted by atomic mass is 79.9. The van der Waals surface area contributed by atoms with Crippen molar-refractivity contribution in [2.24, 2.45) is 0 Å². The molecule has 0 aliphatic heterocycles. The van der Waals surface area contributed by atoms with Crippen molar-refractivity contribution in [1.29, 1.82) is 0 Å². The Hall–Kier alpha value is -0.550. The molecule has 0 bridgehead atoms. The Bertz CT molecular complexity index is 815. The van der Waals surface area contributed by atoms with Gasteiger partial charge in [-0.05, 0) is 52.3 Å². The molecule has 0 atom stereocenters. The summed E-state index contributed by atoms with van der Waals surface area (Å²) < 4.78 is 4.06. The van der Waals surface area contributed by atoms with Gasteiger partial charge in [0.15, 0.2) is 0 Å². The van der Waals surface area contributed by atoms with Crippen LogP contribution in [0.1, 0.15) is 5.82 Å². The third kappa shape index (κ3) is 3.00. The maximum Gasteiger partial charge on any atom is 0.115 e. The first-order valence-corrected chi connectivity index (χ1v) is 8.78. The van der Waals surface area contributed by atoms with Crippen LogP contribution in [-0.4, -0.2) is 15.4 Å². The van der Waals surface area contributed by atoms with E-state index in [4.69, 9.17) is 28.2 Å². The number of hydrogen-bond acceptors (Lipinski definition) is 1. The molecule has 21 heavy (non-hydrogen) atoms. The average Bonchev–Trinajstić information content (AvgIpc) is 2.79. The summed E-state index contributed by atoms with van der Waals surface area (Å²) in [6, 6.07) is 11.8. The van der Waals surface area contributed by atoms with Crippen LogP contribution in [0, 0.1) is 0 Å². The molecule has 108 valence electrons. The Labute approximate surface area is 149 Å². The fourth-order valence-corrected chi connectivity index (χ4v) is 3.39. The number of nitrogens with zero attached hydrogens (tertiary/aromatic N) is 2. The van der Waals surface area contributed by atoms with Crippen molar-refractivity contribution in [2.75, 3.05) is 5.88 Å². The summed E-state index contributed by atoms with van der Waals surface area (Å²) in [7, 11) is 0. The van der Waals surface area contributed by atoms with E-state index >= 15 is 0 Å². The molecule has 0 aliphatic carbocycles. The van der Waals surface area contributed by atoms with Crippen molar-refractivity contribution in [3.8, 4) is 5.69 Å². The highest BCUT2D eigenvalue weighted by molar-refractivity contribution is 9.10. The number of alkyl halides is 1. The predicted octanol–water partition coefficient (Wildman–Crippen LogP) is 5.99. The van der Waals surface area contributed by atoms with Gasteiger partial charge in [-0.2, -0.15) is 0 Å². The van der Waals surface area contributed by atoms with Crippen LogP contribution in [0.2, 0.25) is 5.02 Å². The molecule has 2 nitrogen and oxygen atoms in total. The van der Waals surface area contributed by atoms with Crippen molar-refractivity contribution in [1.82, 2.24) is 9.55 Å². The SMILES string of the molecule is ClCCc1nc2cc(Br)ccc2n1-c1cc(Cl)ccc1Br. The van der Waals surface area contributed by atoms with Crippen LogP contribution < -0.4 is 0 Å². The Balaban J connectivity index is 2.33. The second-order valence-electron chi connectivity index (χ2n) is 4.53. The molecule has 1 heterocycles. The molecule has 3 aromatic rings. The summed E-state index contributed by atoms with van der Waals surface area (Å²) in [6.07, 6.45) is 0.687. The Morgan fingerprint density at radius 1 is 1.10 bits per heavy atom. The lowest BCUT2D eigenvalue weighted by atomic mass is 10.2. The standard InChI is InChI=1S/C15H10Br2Cl2N2/c16-9-1-4-13-12(7-9)20-15(5-6-18)21(13)14-8-10(19)2-3-11(14)17/h1-4,7-8H,5-6H2. The lowest BCUT2D eigenvalue weighted by molar-refractivity contribution is 0.909. The first-order valence-electron chi connectivity index (χ1n) is 6.28. The van der Waals surface area contributed by atoms with Crippen molar-refractivity contribution < 1.29 is 0 Å². The molecule has 0 unspecified atom stereocenters. The summed E-state index contributed by atoms with van der Waals surface area (Å²) in [6.45, 7) is 0. The van der Waals surface area contributed by atoms with Gasteiger partial charge in [-0.1, -0.05) is 27.5 Å². The molecule has 0 spiro atoms. The van der Waals surface area contributed by atoms with Gasteiger partial charge in [-0.15, -0.1) is 11.6 Å². The molecule has 0 saturated carbocycles. The van der Waals surface area contributed by atoms with E-state index < -0.39 is 0 Å². The number of imidazole rings is 1. The van der Waals surface area contributed by atoms with Crippen LogP contribution in [0.4, 0.5) is 0 Å². The molecular formula is C15H10Br2Cl2N2. The molecule has 2 aromatic carbocycles. The number of hydrogen-bond donors (Lipinski definition) is 0. The zero-order chi connectivity index (χ0) is 15.0. The first kappa shape index (κ1) is 15.3. The van der Waals surface area contributed by atoms with E-state index in [0.29, 0.717) is 17.3 Å². The second-order valence-corrected chi connectivity index (χ2v) is 7.12. The van der Waals surface area contributed by atoms with Gasteiger partial charge in [0, 0.05) is 26.3 Å². The number of aromatic nitrogens is 2. The van der Waals surface area contributed by atoms with Gasteiger partial charge >= 0.3 is 0 Å². The summed E-state index contributed by atoms with van der Waals surface area (Å²) >= 11 is 19.1. The van der Waals surface area contributed by atoms with E-state index in [0.717, 1.165) is 31.5 Å². The quantitative estimate of drug-likeness (QED) is 0.450. The van der Waals surface area contributed by atoms with Crippen molar-refractivity contribution in [3.05, 3.63) is 56.2 Å². The second kappa shape index (κ2) is 6.29. The van der Waals surface area contributed by atoms with Gasteiger partial charge in [0.2, 0.25) is 0 Å². The van der Waals surface area contributed by atoms with Crippen LogP contribution in [0.3, 0.4) is 0 Å². The summed E-state index contributed by atoms with van der Waals surface area (Å²) in [4.78, 5) is 4.70.